The zero-order chi connectivity index (χ0) is 17.4. The molecule has 3 rings (SSSR count). The number of aryl methyl sites for hydroxylation is 1. The highest BCUT2D eigenvalue weighted by atomic mass is 35.5. The van der Waals surface area contributed by atoms with Gasteiger partial charge >= 0.3 is 0 Å². The molecule has 1 saturated heterocycles. The molecule has 1 aliphatic rings. The van der Waals surface area contributed by atoms with E-state index in [2.05, 4.69) is 0 Å². The Morgan fingerprint density at radius 1 is 1.17 bits per heavy atom. The van der Waals surface area contributed by atoms with E-state index >= 15 is 0 Å². The van der Waals surface area contributed by atoms with E-state index in [0.717, 1.165) is 0 Å². The smallest absolute Gasteiger partial charge is 0.257 e. The first-order chi connectivity index (χ1) is 11.3. The lowest BCUT2D eigenvalue weighted by molar-refractivity contribution is -0.0586. The first-order valence-corrected chi connectivity index (χ1v) is 8.61. The number of hydrogen-bond acceptors (Lipinski definition) is 3. The summed E-state index contributed by atoms with van der Waals surface area (Å²) in [5.41, 5.74) is 1.22. The predicted molar refractivity (Wildman–Crippen MR) is 94.8 cm³/mol. The predicted octanol–water partition coefficient (Wildman–Crippen LogP) is 4.81. The van der Waals surface area contributed by atoms with Gasteiger partial charge in [-0.25, -0.2) is 0 Å². The van der Waals surface area contributed by atoms with E-state index in [4.69, 9.17) is 32.4 Å². The molecule has 128 valence electrons. The van der Waals surface area contributed by atoms with Gasteiger partial charge in [-0.2, -0.15) is 0 Å². The monoisotopic (exact) mass is 367 g/mol. The lowest BCUT2D eigenvalue weighted by atomic mass is 10.1. The lowest BCUT2D eigenvalue weighted by Crippen LogP contribution is -2.48. The summed E-state index contributed by atoms with van der Waals surface area (Å²) >= 11 is 12.3. The third-order valence-electron chi connectivity index (χ3n) is 4.05. The minimum absolute atomic E-state index is 0.0201. The molecule has 4 nitrogen and oxygen atoms in total. The van der Waals surface area contributed by atoms with Crippen molar-refractivity contribution in [1.82, 2.24) is 4.90 Å². The number of ether oxygens (including phenoxy) is 1. The van der Waals surface area contributed by atoms with Crippen molar-refractivity contribution in [3.63, 3.8) is 0 Å². The van der Waals surface area contributed by atoms with E-state index in [9.17, 15) is 4.79 Å². The molecule has 1 aliphatic heterocycles. The molecule has 1 aromatic heterocycles. The minimum atomic E-state index is -0.0531. The molecule has 0 spiro atoms. The molecule has 2 heterocycles. The fourth-order valence-corrected chi connectivity index (χ4v) is 3.41. The maximum absolute atomic E-state index is 12.9. The Morgan fingerprint density at radius 3 is 2.50 bits per heavy atom. The zero-order valence-electron chi connectivity index (χ0n) is 13.8. The molecule has 0 aliphatic carbocycles. The number of carbonyl (C=O) groups is 1. The summed E-state index contributed by atoms with van der Waals surface area (Å²) in [5.74, 6) is 1.05. The van der Waals surface area contributed by atoms with Gasteiger partial charge in [-0.3, -0.25) is 4.79 Å². The summed E-state index contributed by atoms with van der Waals surface area (Å²) in [6.45, 7) is 6.86. The van der Waals surface area contributed by atoms with Gasteiger partial charge in [-0.15, -0.1) is 0 Å². The van der Waals surface area contributed by atoms with Crippen LogP contribution >= 0.6 is 23.2 Å². The Bertz CT molecular complexity index is 762. The number of carbonyl (C=O) groups excluding carboxylic acids is 1. The maximum atomic E-state index is 12.9. The molecule has 0 saturated carbocycles. The number of nitrogens with zero attached hydrogens (tertiary/aromatic N) is 1. The van der Waals surface area contributed by atoms with Crippen molar-refractivity contribution in [1.29, 1.82) is 0 Å². The van der Waals surface area contributed by atoms with Crippen molar-refractivity contribution in [2.45, 2.75) is 33.0 Å². The topological polar surface area (TPSA) is 42.7 Å². The van der Waals surface area contributed by atoms with E-state index in [1.54, 1.807) is 36.1 Å². The van der Waals surface area contributed by atoms with Gasteiger partial charge in [-0.05, 0) is 45.0 Å². The highest BCUT2D eigenvalue weighted by Crippen LogP contribution is 2.33. The number of rotatable bonds is 2. The molecule has 0 radical (unpaired) electrons. The van der Waals surface area contributed by atoms with Gasteiger partial charge in [-0.1, -0.05) is 23.2 Å². The molecule has 2 aromatic rings. The average Bonchev–Trinajstić information content (AvgIpc) is 2.89. The molecule has 2 atom stereocenters. The van der Waals surface area contributed by atoms with Gasteiger partial charge < -0.3 is 14.1 Å². The number of amides is 1. The fourth-order valence-electron chi connectivity index (χ4n) is 3.03. The Balaban J connectivity index is 1.91. The summed E-state index contributed by atoms with van der Waals surface area (Å²) in [4.78, 5) is 14.7. The summed E-state index contributed by atoms with van der Waals surface area (Å²) in [7, 11) is 0. The van der Waals surface area contributed by atoms with Crippen LogP contribution in [0.3, 0.4) is 0 Å². The van der Waals surface area contributed by atoms with Crippen LogP contribution in [0.25, 0.3) is 11.3 Å². The number of halogens is 2. The molecule has 0 N–H and O–H groups in total. The molecule has 24 heavy (non-hydrogen) atoms. The van der Waals surface area contributed by atoms with Crippen molar-refractivity contribution in [2.24, 2.45) is 0 Å². The standard InChI is InChI=1S/C18H19Cl2NO3/c1-10-8-21(9-11(2)23-10)18(22)14-7-17(24-12(14)3)15-6-13(19)4-5-16(15)20/h4-7,10-11H,8-9H2,1-3H3/t10-,11+. The average molecular weight is 368 g/mol. The van der Waals surface area contributed by atoms with Gasteiger partial charge in [0.05, 0.1) is 22.8 Å². The van der Waals surface area contributed by atoms with Gasteiger partial charge in [0.1, 0.15) is 11.5 Å². The fraction of sp³-hybridized carbons (Fsp3) is 0.389. The number of furan rings is 1. The molecular weight excluding hydrogens is 349 g/mol. The van der Waals surface area contributed by atoms with Crippen molar-refractivity contribution in [2.75, 3.05) is 13.1 Å². The number of benzene rings is 1. The van der Waals surface area contributed by atoms with Crippen LogP contribution in [-0.4, -0.2) is 36.1 Å². The summed E-state index contributed by atoms with van der Waals surface area (Å²) in [5, 5.41) is 1.09. The van der Waals surface area contributed by atoms with E-state index < -0.39 is 0 Å². The van der Waals surface area contributed by atoms with E-state index in [0.29, 0.717) is 45.8 Å². The van der Waals surface area contributed by atoms with Crippen molar-refractivity contribution < 1.29 is 13.9 Å². The van der Waals surface area contributed by atoms with Crippen LogP contribution in [0.2, 0.25) is 10.0 Å². The summed E-state index contributed by atoms with van der Waals surface area (Å²) < 4.78 is 11.5. The van der Waals surface area contributed by atoms with Crippen molar-refractivity contribution >= 4 is 29.1 Å². The van der Waals surface area contributed by atoms with Crippen LogP contribution in [0.5, 0.6) is 0 Å². The van der Waals surface area contributed by atoms with Gasteiger partial charge in [0.25, 0.3) is 5.91 Å². The highest BCUT2D eigenvalue weighted by Gasteiger charge is 2.29. The first kappa shape index (κ1) is 17.3. The second-order valence-corrected chi connectivity index (χ2v) is 7.02. The largest absolute Gasteiger partial charge is 0.460 e. The minimum Gasteiger partial charge on any atom is -0.460 e. The Kier molecular flexibility index (Phi) is 4.90. The van der Waals surface area contributed by atoms with E-state index in [1.165, 1.54) is 0 Å². The SMILES string of the molecule is Cc1oc(-c2cc(Cl)ccc2Cl)cc1C(=O)N1C[C@@H](C)O[C@@H](C)C1. The van der Waals surface area contributed by atoms with Crippen molar-refractivity contribution in [3.05, 3.63) is 45.6 Å². The molecule has 1 fully saturated rings. The van der Waals surface area contributed by atoms with Gasteiger partial charge in [0, 0.05) is 23.7 Å². The Labute approximate surface area is 151 Å². The highest BCUT2D eigenvalue weighted by molar-refractivity contribution is 6.35. The Hall–Kier alpha value is -1.49. The lowest BCUT2D eigenvalue weighted by Gasteiger charge is -2.35. The number of hydrogen-bond donors (Lipinski definition) is 0. The van der Waals surface area contributed by atoms with Crippen molar-refractivity contribution in [3.8, 4) is 11.3 Å². The molecule has 0 unspecified atom stereocenters. The van der Waals surface area contributed by atoms with E-state index in [1.807, 2.05) is 13.8 Å². The summed E-state index contributed by atoms with van der Waals surface area (Å²) in [6.07, 6.45) is 0.0403. The van der Waals surface area contributed by atoms with Crippen LogP contribution in [0.1, 0.15) is 30.0 Å². The zero-order valence-corrected chi connectivity index (χ0v) is 15.3. The number of morpholine rings is 1. The third-order valence-corrected chi connectivity index (χ3v) is 4.61. The first-order valence-electron chi connectivity index (χ1n) is 7.85. The molecular formula is C18H19Cl2NO3. The molecule has 1 aromatic carbocycles. The van der Waals surface area contributed by atoms with Crippen LogP contribution in [0.4, 0.5) is 0 Å². The van der Waals surface area contributed by atoms with Crippen LogP contribution < -0.4 is 0 Å². The van der Waals surface area contributed by atoms with Crippen LogP contribution in [0.15, 0.2) is 28.7 Å². The normalized spacial score (nSPS) is 21.1. The second-order valence-electron chi connectivity index (χ2n) is 6.17. The Morgan fingerprint density at radius 2 is 1.83 bits per heavy atom. The summed E-state index contributed by atoms with van der Waals surface area (Å²) in [6, 6.07) is 6.89. The second kappa shape index (κ2) is 6.79. The quantitative estimate of drug-likeness (QED) is 0.764. The third kappa shape index (κ3) is 3.46. The molecule has 6 heteroatoms. The van der Waals surface area contributed by atoms with E-state index in [-0.39, 0.29) is 18.1 Å². The van der Waals surface area contributed by atoms with Gasteiger partial charge in [0.15, 0.2) is 0 Å². The van der Waals surface area contributed by atoms with Gasteiger partial charge in [0.2, 0.25) is 0 Å². The molecule has 1 amide bonds. The maximum Gasteiger partial charge on any atom is 0.257 e. The van der Waals surface area contributed by atoms with Crippen LogP contribution in [-0.2, 0) is 4.74 Å². The van der Waals surface area contributed by atoms with Crippen LogP contribution in [0, 0.1) is 6.92 Å². The molecule has 0 bridgehead atoms.